The standard InChI is InChI=1S/C28H30N2O4/c1-34-24-12-11-19(17-23(24)31)18-30-15-13-28(14-16-30)22-10-6-5-9-21(22)25(26(28)32)29-27(33)20-7-3-2-4-8-20/h2-12,17,25-26,31-32H,13-16,18H2,1H3,(H,29,33)/t25-,26+/m1/s1. The number of hydrogen-bond donors (Lipinski definition) is 3. The summed E-state index contributed by atoms with van der Waals surface area (Å²) in [5.41, 5.74) is 3.37. The number of nitrogens with one attached hydrogen (secondary N) is 1. The van der Waals surface area contributed by atoms with Crippen LogP contribution in [0.15, 0.2) is 72.8 Å². The zero-order chi connectivity index (χ0) is 23.7. The monoisotopic (exact) mass is 458 g/mol. The molecule has 1 fully saturated rings. The van der Waals surface area contributed by atoms with E-state index >= 15 is 0 Å². The summed E-state index contributed by atoms with van der Waals surface area (Å²) in [4.78, 5) is 15.2. The summed E-state index contributed by atoms with van der Waals surface area (Å²) in [7, 11) is 1.54. The second-order valence-corrected chi connectivity index (χ2v) is 9.29. The number of piperidine rings is 1. The van der Waals surface area contributed by atoms with Crippen molar-refractivity contribution in [1.82, 2.24) is 10.2 Å². The number of carbonyl (C=O) groups is 1. The minimum absolute atomic E-state index is 0.144. The molecule has 2 aliphatic rings. The first kappa shape index (κ1) is 22.4. The molecule has 0 unspecified atom stereocenters. The van der Waals surface area contributed by atoms with E-state index in [1.54, 1.807) is 31.4 Å². The molecule has 3 aromatic rings. The van der Waals surface area contributed by atoms with Gasteiger partial charge in [0.2, 0.25) is 0 Å². The topological polar surface area (TPSA) is 82.0 Å². The van der Waals surface area contributed by atoms with Crippen LogP contribution in [-0.4, -0.2) is 47.3 Å². The highest BCUT2D eigenvalue weighted by Gasteiger charge is 2.52. The van der Waals surface area contributed by atoms with Crippen molar-refractivity contribution in [3.8, 4) is 11.5 Å². The zero-order valence-corrected chi connectivity index (χ0v) is 19.3. The van der Waals surface area contributed by atoms with E-state index in [-0.39, 0.29) is 17.1 Å². The molecule has 1 aliphatic heterocycles. The van der Waals surface area contributed by atoms with Crippen LogP contribution in [0.5, 0.6) is 11.5 Å². The number of benzene rings is 3. The molecule has 1 aliphatic carbocycles. The number of methoxy groups -OCH3 is 1. The average molecular weight is 459 g/mol. The number of fused-ring (bicyclic) bond motifs is 2. The maximum atomic E-state index is 12.9. The number of phenolic OH excluding ortho intramolecular Hbond substituents is 1. The van der Waals surface area contributed by atoms with Gasteiger partial charge < -0.3 is 20.3 Å². The van der Waals surface area contributed by atoms with E-state index in [9.17, 15) is 15.0 Å². The second kappa shape index (κ2) is 9.12. The number of rotatable bonds is 5. The van der Waals surface area contributed by atoms with Crippen LogP contribution in [0, 0.1) is 0 Å². The molecule has 34 heavy (non-hydrogen) atoms. The minimum Gasteiger partial charge on any atom is -0.504 e. The molecule has 3 N–H and O–H groups in total. The zero-order valence-electron chi connectivity index (χ0n) is 19.3. The number of aromatic hydroxyl groups is 1. The van der Waals surface area contributed by atoms with E-state index in [0.717, 1.165) is 49.2 Å². The first-order valence-electron chi connectivity index (χ1n) is 11.7. The Labute approximate surface area is 199 Å². The lowest BCUT2D eigenvalue weighted by Gasteiger charge is -2.43. The van der Waals surface area contributed by atoms with Gasteiger partial charge in [-0.3, -0.25) is 9.69 Å². The number of hydrogen-bond acceptors (Lipinski definition) is 5. The molecule has 2 atom stereocenters. The fourth-order valence-corrected chi connectivity index (χ4v) is 5.61. The number of aliphatic hydroxyl groups excluding tert-OH is 1. The van der Waals surface area contributed by atoms with Gasteiger partial charge in [-0.1, -0.05) is 48.5 Å². The molecule has 1 heterocycles. The Morgan fingerprint density at radius 1 is 1.06 bits per heavy atom. The number of aliphatic hydroxyl groups is 1. The van der Waals surface area contributed by atoms with Crippen molar-refractivity contribution in [1.29, 1.82) is 0 Å². The number of amides is 1. The lowest BCUT2D eigenvalue weighted by atomic mass is 9.72. The minimum atomic E-state index is -0.690. The van der Waals surface area contributed by atoms with Crippen molar-refractivity contribution in [3.05, 3.63) is 95.1 Å². The van der Waals surface area contributed by atoms with Crippen LogP contribution in [0.25, 0.3) is 0 Å². The maximum absolute atomic E-state index is 12.9. The van der Waals surface area contributed by atoms with Gasteiger partial charge in [-0.05, 0) is 66.9 Å². The number of carbonyl (C=O) groups excluding carboxylic acids is 1. The SMILES string of the molecule is COc1ccc(CN2CCC3(CC2)c2ccccc2[C@@H](NC(=O)c2ccccc2)[C@@H]3O)cc1O. The fraction of sp³-hybridized carbons (Fsp3) is 0.321. The summed E-state index contributed by atoms with van der Waals surface area (Å²) in [6.07, 6.45) is 0.903. The van der Waals surface area contributed by atoms with Crippen LogP contribution in [-0.2, 0) is 12.0 Å². The lowest BCUT2D eigenvalue weighted by Crippen LogP contribution is -2.49. The predicted molar refractivity (Wildman–Crippen MR) is 130 cm³/mol. The molecule has 6 heteroatoms. The Morgan fingerprint density at radius 2 is 1.76 bits per heavy atom. The summed E-state index contributed by atoms with van der Waals surface area (Å²) >= 11 is 0. The van der Waals surface area contributed by atoms with Crippen LogP contribution < -0.4 is 10.1 Å². The quantitative estimate of drug-likeness (QED) is 0.542. The van der Waals surface area contributed by atoms with E-state index in [0.29, 0.717) is 11.3 Å². The smallest absolute Gasteiger partial charge is 0.251 e. The van der Waals surface area contributed by atoms with Gasteiger partial charge in [-0.2, -0.15) is 0 Å². The summed E-state index contributed by atoms with van der Waals surface area (Å²) in [5, 5.41) is 24.8. The molecule has 176 valence electrons. The van der Waals surface area contributed by atoms with Crippen LogP contribution in [0.4, 0.5) is 0 Å². The first-order chi connectivity index (χ1) is 16.5. The fourth-order valence-electron chi connectivity index (χ4n) is 5.61. The second-order valence-electron chi connectivity index (χ2n) is 9.29. The number of likely N-dealkylation sites (tertiary alicyclic amines) is 1. The highest BCUT2D eigenvalue weighted by Crippen LogP contribution is 2.51. The number of phenols is 1. The van der Waals surface area contributed by atoms with Crippen molar-refractivity contribution in [2.75, 3.05) is 20.2 Å². The lowest BCUT2D eigenvalue weighted by molar-refractivity contribution is 0.0192. The van der Waals surface area contributed by atoms with Gasteiger partial charge in [0.15, 0.2) is 11.5 Å². The Kier molecular flexibility index (Phi) is 6.02. The highest BCUT2D eigenvalue weighted by molar-refractivity contribution is 5.94. The third kappa shape index (κ3) is 3.93. The van der Waals surface area contributed by atoms with E-state index in [4.69, 9.17) is 4.74 Å². The van der Waals surface area contributed by atoms with Gasteiger partial charge in [0.05, 0.1) is 19.3 Å². The Balaban J connectivity index is 1.33. The summed E-state index contributed by atoms with van der Waals surface area (Å²) < 4.78 is 5.14. The Hall–Kier alpha value is -3.35. The molecule has 0 saturated carbocycles. The third-order valence-corrected chi connectivity index (χ3v) is 7.43. The largest absolute Gasteiger partial charge is 0.504 e. The van der Waals surface area contributed by atoms with Gasteiger partial charge in [0.1, 0.15) is 0 Å². The molecule has 1 saturated heterocycles. The predicted octanol–water partition coefficient (Wildman–Crippen LogP) is 3.78. The van der Waals surface area contributed by atoms with E-state index in [1.807, 2.05) is 42.5 Å². The normalized spacial score (nSPS) is 21.2. The highest BCUT2D eigenvalue weighted by atomic mass is 16.5. The van der Waals surface area contributed by atoms with Crippen LogP contribution >= 0.6 is 0 Å². The van der Waals surface area contributed by atoms with E-state index in [1.165, 1.54) is 0 Å². The van der Waals surface area contributed by atoms with Gasteiger partial charge in [-0.15, -0.1) is 0 Å². The molecule has 0 aromatic heterocycles. The van der Waals surface area contributed by atoms with Crippen molar-refractivity contribution in [2.45, 2.75) is 36.9 Å². The first-order valence-corrected chi connectivity index (χ1v) is 11.7. The molecule has 3 aromatic carbocycles. The van der Waals surface area contributed by atoms with Gasteiger partial charge >= 0.3 is 0 Å². The van der Waals surface area contributed by atoms with Gasteiger partial charge in [-0.25, -0.2) is 0 Å². The third-order valence-electron chi connectivity index (χ3n) is 7.43. The van der Waals surface area contributed by atoms with Crippen LogP contribution in [0.1, 0.15) is 45.9 Å². The maximum Gasteiger partial charge on any atom is 0.251 e. The van der Waals surface area contributed by atoms with Crippen molar-refractivity contribution >= 4 is 5.91 Å². The summed E-state index contributed by atoms with van der Waals surface area (Å²) in [5.74, 6) is 0.439. The van der Waals surface area contributed by atoms with Crippen molar-refractivity contribution in [2.24, 2.45) is 0 Å². The molecule has 6 nitrogen and oxygen atoms in total. The van der Waals surface area contributed by atoms with Crippen LogP contribution in [0.3, 0.4) is 0 Å². The molecular weight excluding hydrogens is 428 g/mol. The Bertz CT molecular complexity index is 1170. The van der Waals surface area contributed by atoms with Crippen LogP contribution in [0.2, 0.25) is 0 Å². The number of nitrogens with zero attached hydrogens (tertiary/aromatic N) is 1. The number of ether oxygens (including phenoxy) is 1. The Morgan fingerprint density at radius 3 is 2.47 bits per heavy atom. The van der Waals surface area contributed by atoms with E-state index < -0.39 is 12.1 Å². The molecule has 0 radical (unpaired) electrons. The average Bonchev–Trinajstić information content (AvgIpc) is 3.09. The molecule has 0 bridgehead atoms. The molecular formula is C28H30N2O4. The summed E-state index contributed by atoms with van der Waals surface area (Å²) in [6.45, 7) is 2.36. The van der Waals surface area contributed by atoms with Gasteiger partial charge in [0.25, 0.3) is 5.91 Å². The van der Waals surface area contributed by atoms with E-state index in [2.05, 4.69) is 16.3 Å². The molecule has 1 amide bonds. The molecule has 5 rings (SSSR count). The van der Waals surface area contributed by atoms with Crippen molar-refractivity contribution < 1.29 is 19.7 Å². The summed E-state index contributed by atoms with van der Waals surface area (Å²) in [6, 6.07) is 22.3. The van der Waals surface area contributed by atoms with Crippen molar-refractivity contribution in [3.63, 3.8) is 0 Å². The van der Waals surface area contributed by atoms with Gasteiger partial charge in [0, 0.05) is 17.5 Å². The molecule has 1 spiro atoms.